The fourth-order valence-electron chi connectivity index (χ4n) is 2.73. The molecule has 1 unspecified atom stereocenters. The van der Waals surface area contributed by atoms with Gasteiger partial charge in [0, 0.05) is 0 Å². The summed E-state index contributed by atoms with van der Waals surface area (Å²) >= 11 is 0. The Morgan fingerprint density at radius 2 is 1.75 bits per heavy atom. The van der Waals surface area contributed by atoms with Crippen molar-refractivity contribution in [2.75, 3.05) is 0 Å². The largest absolute Gasteiger partial charge is 0.0974 e. The molecule has 1 aliphatic carbocycles. The van der Waals surface area contributed by atoms with E-state index >= 15 is 0 Å². The van der Waals surface area contributed by atoms with E-state index in [1.165, 1.54) is 25.7 Å². The molecule has 2 rings (SSSR count). The molecule has 3 atom stereocenters. The third-order valence-electron chi connectivity index (χ3n) is 3.39. The van der Waals surface area contributed by atoms with E-state index < -0.39 is 0 Å². The quantitative estimate of drug-likeness (QED) is 0.543. The van der Waals surface area contributed by atoms with Gasteiger partial charge in [-0.15, -0.1) is 0 Å². The van der Waals surface area contributed by atoms with E-state index in [1.54, 1.807) is 0 Å². The molecule has 0 amide bonds. The van der Waals surface area contributed by atoms with Crippen LogP contribution in [-0.2, 0) is 0 Å². The molecule has 0 aromatic rings. The van der Waals surface area contributed by atoms with Crippen molar-refractivity contribution in [3.8, 4) is 0 Å². The number of rotatable bonds is 1. The van der Waals surface area contributed by atoms with E-state index in [0.717, 1.165) is 17.0 Å². The van der Waals surface area contributed by atoms with Crippen LogP contribution in [-0.4, -0.2) is 17.0 Å². The molecule has 0 spiro atoms. The van der Waals surface area contributed by atoms with Gasteiger partial charge >= 0.3 is 0 Å². The van der Waals surface area contributed by atoms with Crippen LogP contribution in [0.15, 0.2) is 0 Å². The van der Waals surface area contributed by atoms with Crippen molar-refractivity contribution in [3.63, 3.8) is 0 Å². The Labute approximate surface area is 77.9 Å². The summed E-state index contributed by atoms with van der Waals surface area (Å²) in [6, 6.07) is 0. The van der Waals surface area contributed by atoms with Gasteiger partial charge in [-0.3, -0.25) is 0 Å². The molecule has 1 heterocycles. The summed E-state index contributed by atoms with van der Waals surface area (Å²) < 4.78 is 0. The van der Waals surface area contributed by atoms with Gasteiger partial charge in [0.2, 0.25) is 0 Å². The van der Waals surface area contributed by atoms with Gasteiger partial charge in [-0.2, -0.15) is 0 Å². The zero-order valence-corrected chi connectivity index (χ0v) is 9.06. The van der Waals surface area contributed by atoms with Crippen molar-refractivity contribution < 1.29 is 0 Å². The molecular weight excluding hydrogens is 163 g/mol. The van der Waals surface area contributed by atoms with E-state index in [1.807, 2.05) is 0 Å². The minimum atomic E-state index is 0.345. The zero-order valence-electron chi connectivity index (χ0n) is 8.16. The SMILES string of the molecule is C[C@H]1CC[C@H](C)P1C1[CH][CH]CC1. The van der Waals surface area contributed by atoms with Crippen LogP contribution >= 0.6 is 7.92 Å². The fraction of sp³-hybridized carbons (Fsp3) is 0.818. The van der Waals surface area contributed by atoms with E-state index in [9.17, 15) is 0 Å². The van der Waals surface area contributed by atoms with E-state index in [4.69, 9.17) is 0 Å². The molecule has 0 aromatic carbocycles. The molecule has 0 N–H and O–H groups in total. The molecule has 1 saturated heterocycles. The molecule has 68 valence electrons. The van der Waals surface area contributed by atoms with Gasteiger partial charge in [0.25, 0.3) is 0 Å². The van der Waals surface area contributed by atoms with Crippen molar-refractivity contribution in [2.24, 2.45) is 0 Å². The minimum Gasteiger partial charge on any atom is -0.0974 e. The number of hydrogen-bond donors (Lipinski definition) is 0. The van der Waals surface area contributed by atoms with E-state index in [2.05, 4.69) is 26.7 Å². The molecule has 1 aliphatic heterocycles. The predicted molar refractivity (Wildman–Crippen MR) is 56.7 cm³/mol. The van der Waals surface area contributed by atoms with Crippen LogP contribution in [0, 0.1) is 12.8 Å². The maximum atomic E-state index is 2.50. The first-order valence-electron chi connectivity index (χ1n) is 5.23. The molecule has 0 aromatic heterocycles. The first kappa shape index (κ1) is 9.00. The normalized spacial score (nSPS) is 39.5. The molecule has 12 heavy (non-hydrogen) atoms. The standard InChI is InChI=1S/C11H19P/c1-9-7-8-10(2)12(9)11-5-3-4-6-11/h3,5,9-11H,4,6-8H2,1-2H3/t9-,10-,11?/m0/s1. The lowest BCUT2D eigenvalue weighted by molar-refractivity contribution is 0.777. The zero-order chi connectivity index (χ0) is 8.55. The molecule has 1 heteroatoms. The topological polar surface area (TPSA) is 0 Å². The fourth-order valence-corrected chi connectivity index (χ4v) is 6.57. The maximum Gasteiger partial charge on any atom is -0.0170 e. The second-order valence-electron chi connectivity index (χ2n) is 4.30. The van der Waals surface area contributed by atoms with Crippen LogP contribution < -0.4 is 0 Å². The van der Waals surface area contributed by atoms with Gasteiger partial charge in [0.1, 0.15) is 0 Å². The summed E-state index contributed by atoms with van der Waals surface area (Å²) in [4.78, 5) is 0. The second-order valence-corrected chi connectivity index (χ2v) is 7.62. The summed E-state index contributed by atoms with van der Waals surface area (Å²) in [6.45, 7) is 4.95. The van der Waals surface area contributed by atoms with Gasteiger partial charge in [-0.1, -0.05) is 21.8 Å². The Bertz CT molecular complexity index is 139. The second kappa shape index (κ2) is 3.66. The summed E-state index contributed by atoms with van der Waals surface area (Å²) in [6.07, 6.45) is 10.7. The molecule has 2 radical (unpaired) electrons. The lowest BCUT2D eigenvalue weighted by atomic mass is 10.2. The minimum absolute atomic E-state index is 0.345. The first-order valence-corrected chi connectivity index (χ1v) is 6.78. The van der Waals surface area contributed by atoms with Crippen LogP contribution in [0.25, 0.3) is 0 Å². The first-order chi connectivity index (χ1) is 5.79. The Balaban J connectivity index is 1.99. The monoisotopic (exact) mass is 182 g/mol. The highest BCUT2D eigenvalue weighted by Crippen LogP contribution is 2.61. The molecule has 0 bridgehead atoms. The van der Waals surface area contributed by atoms with Crippen LogP contribution in [0.1, 0.15) is 39.5 Å². The molecule has 2 aliphatic rings. The van der Waals surface area contributed by atoms with Crippen molar-refractivity contribution in [3.05, 3.63) is 12.8 Å². The van der Waals surface area contributed by atoms with E-state index in [-0.39, 0.29) is 0 Å². The van der Waals surface area contributed by atoms with Gasteiger partial charge in [0.05, 0.1) is 0 Å². The summed E-state index contributed by atoms with van der Waals surface area (Å²) in [5, 5.41) is 0. The van der Waals surface area contributed by atoms with Gasteiger partial charge < -0.3 is 0 Å². The average Bonchev–Trinajstić information content (AvgIpc) is 2.61. The maximum absolute atomic E-state index is 2.50. The summed E-state index contributed by atoms with van der Waals surface area (Å²) in [7, 11) is 0.345. The van der Waals surface area contributed by atoms with Gasteiger partial charge in [-0.25, -0.2) is 0 Å². The predicted octanol–water partition coefficient (Wildman–Crippen LogP) is 3.61. The molecule has 1 saturated carbocycles. The Morgan fingerprint density at radius 3 is 2.25 bits per heavy atom. The van der Waals surface area contributed by atoms with Gasteiger partial charge in [0.15, 0.2) is 0 Å². The summed E-state index contributed by atoms with van der Waals surface area (Å²) in [5.41, 5.74) is 3.08. The van der Waals surface area contributed by atoms with Crippen molar-refractivity contribution in [2.45, 2.75) is 56.5 Å². The smallest absolute Gasteiger partial charge is 0.0170 e. The lowest BCUT2D eigenvalue weighted by Gasteiger charge is -2.27. The highest BCUT2D eigenvalue weighted by molar-refractivity contribution is 7.60. The molecule has 2 fully saturated rings. The van der Waals surface area contributed by atoms with Crippen molar-refractivity contribution >= 4 is 7.92 Å². The highest BCUT2D eigenvalue weighted by Gasteiger charge is 2.36. The van der Waals surface area contributed by atoms with Crippen LogP contribution in [0.3, 0.4) is 0 Å². The Morgan fingerprint density at radius 1 is 1.08 bits per heavy atom. The van der Waals surface area contributed by atoms with Gasteiger partial charge in [-0.05, 0) is 55.5 Å². The Kier molecular flexibility index (Phi) is 2.75. The third-order valence-corrected chi connectivity index (χ3v) is 7.14. The van der Waals surface area contributed by atoms with E-state index in [0.29, 0.717) is 7.92 Å². The lowest BCUT2D eigenvalue weighted by Crippen LogP contribution is -2.09. The van der Waals surface area contributed by atoms with Crippen molar-refractivity contribution in [1.82, 2.24) is 0 Å². The van der Waals surface area contributed by atoms with Crippen LogP contribution in [0.5, 0.6) is 0 Å². The highest BCUT2D eigenvalue weighted by atomic mass is 31.1. The Hall–Kier alpha value is 0.430. The van der Waals surface area contributed by atoms with Crippen molar-refractivity contribution in [1.29, 1.82) is 0 Å². The number of hydrogen-bond acceptors (Lipinski definition) is 0. The molecule has 0 nitrogen and oxygen atoms in total. The summed E-state index contributed by atoms with van der Waals surface area (Å²) in [5.74, 6) is 0. The average molecular weight is 182 g/mol. The third kappa shape index (κ3) is 1.55. The van der Waals surface area contributed by atoms with Crippen LogP contribution in [0.4, 0.5) is 0 Å². The molecular formula is C11H19P. The van der Waals surface area contributed by atoms with Crippen LogP contribution in [0.2, 0.25) is 0 Å².